The molecule has 0 bridgehead atoms. The fraction of sp³-hybridized carbons (Fsp3) is 0.0714. The van der Waals surface area contributed by atoms with Gasteiger partial charge in [0.2, 0.25) is 0 Å². The van der Waals surface area contributed by atoms with Crippen molar-refractivity contribution < 1.29 is 13.6 Å². The molecule has 0 heterocycles. The van der Waals surface area contributed by atoms with Gasteiger partial charge < -0.3 is 10.6 Å². The first-order chi connectivity index (χ1) is 9.10. The maximum absolute atomic E-state index is 13.4. The topological polar surface area (TPSA) is 41.1 Å². The lowest BCUT2D eigenvalue weighted by Gasteiger charge is -2.07. The molecule has 5 heteroatoms. The Morgan fingerprint density at radius 1 is 1.05 bits per heavy atom. The van der Waals surface area contributed by atoms with E-state index in [9.17, 15) is 13.6 Å². The Morgan fingerprint density at radius 2 is 1.74 bits per heavy atom. The van der Waals surface area contributed by atoms with E-state index in [0.29, 0.717) is 5.56 Å². The van der Waals surface area contributed by atoms with Crippen LogP contribution in [0.3, 0.4) is 0 Å². The largest absolute Gasteiger partial charge is 0.388 e. The monoisotopic (exact) mass is 262 g/mol. The van der Waals surface area contributed by atoms with Crippen LogP contribution in [-0.4, -0.2) is 13.0 Å². The molecule has 2 aromatic rings. The Balaban J connectivity index is 2.15. The molecule has 0 unspecified atom stereocenters. The molecule has 0 radical (unpaired) electrons. The van der Waals surface area contributed by atoms with Gasteiger partial charge in [-0.05, 0) is 36.4 Å². The quantitative estimate of drug-likeness (QED) is 0.891. The summed E-state index contributed by atoms with van der Waals surface area (Å²) in [6.45, 7) is 0. The smallest absolute Gasteiger partial charge is 0.255 e. The van der Waals surface area contributed by atoms with E-state index < -0.39 is 17.5 Å². The number of carbonyl (C=O) groups excluding carboxylic acids is 1. The van der Waals surface area contributed by atoms with Crippen molar-refractivity contribution in [1.29, 1.82) is 0 Å². The highest BCUT2D eigenvalue weighted by Gasteiger charge is 2.09. The molecule has 0 aliphatic heterocycles. The van der Waals surface area contributed by atoms with Gasteiger partial charge >= 0.3 is 0 Å². The van der Waals surface area contributed by atoms with Crippen molar-refractivity contribution in [3.05, 3.63) is 59.7 Å². The maximum Gasteiger partial charge on any atom is 0.255 e. The average Bonchev–Trinajstić information content (AvgIpc) is 2.42. The third-order valence-electron chi connectivity index (χ3n) is 2.62. The molecule has 1 amide bonds. The van der Waals surface area contributed by atoms with E-state index in [1.807, 2.05) is 0 Å². The van der Waals surface area contributed by atoms with Gasteiger partial charge in [-0.3, -0.25) is 4.79 Å². The Morgan fingerprint density at radius 3 is 2.32 bits per heavy atom. The van der Waals surface area contributed by atoms with Gasteiger partial charge in [0.25, 0.3) is 5.91 Å². The number of rotatable bonds is 3. The summed E-state index contributed by atoms with van der Waals surface area (Å²) in [5.74, 6) is -1.94. The number of carbonyl (C=O) groups is 1. The highest BCUT2D eigenvalue weighted by atomic mass is 19.1. The van der Waals surface area contributed by atoms with Crippen molar-refractivity contribution in [3.8, 4) is 0 Å². The van der Waals surface area contributed by atoms with Crippen molar-refractivity contribution in [2.45, 2.75) is 0 Å². The lowest BCUT2D eigenvalue weighted by molar-refractivity contribution is 0.102. The van der Waals surface area contributed by atoms with Gasteiger partial charge in [0.05, 0.1) is 5.69 Å². The van der Waals surface area contributed by atoms with Crippen LogP contribution in [0.2, 0.25) is 0 Å². The van der Waals surface area contributed by atoms with Crippen molar-refractivity contribution in [1.82, 2.24) is 0 Å². The predicted molar refractivity (Wildman–Crippen MR) is 70.3 cm³/mol. The molecule has 0 atom stereocenters. The number of anilines is 2. The summed E-state index contributed by atoms with van der Waals surface area (Å²) in [6.07, 6.45) is 0. The van der Waals surface area contributed by atoms with Gasteiger partial charge in [-0.15, -0.1) is 0 Å². The number of amides is 1. The van der Waals surface area contributed by atoms with E-state index in [1.54, 1.807) is 31.3 Å². The molecule has 3 nitrogen and oxygen atoms in total. The molecule has 2 rings (SSSR count). The zero-order chi connectivity index (χ0) is 13.8. The molecular weight excluding hydrogens is 250 g/mol. The first kappa shape index (κ1) is 13.0. The molecular formula is C14H12F2N2O. The number of benzene rings is 2. The van der Waals surface area contributed by atoms with Crippen LogP contribution in [0.4, 0.5) is 20.2 Å². The zero-order valence-electron chi connectivity index (χ0n) is 10.2. The van der Waals surface area contributed by atoms with Crippen LogP contribution >= 0.6 is 0 Å². The van der Waals surface area contributed by atoms with E-state index in [0.717, 1.165) is 17.8 Å². The number of halogens is 2. The lowest BCUT2D eigenvalue weighted by Crippen LogP contribution is -2.13. The van der Waals surface area contributed by atoms with Gasteiger partial charge in [0.1, 0.15) is 11.6 Å². The SMILES string of the molecule is CNc1ccc(C(=O)Nc2ccc(F)cc2F)cc1. The molecule has 0 aliphatic carbocycles. The Labute approximate surface area is 109 Å². The summed E-state index contributed by atoms with van der Waals surface area (Å²) in [5, 5.41) is 5.31. The van der Waals surface area contributed by atoms with Crippen molar-refractivity contribution >= 4 is 17.3 Å². The molecule has 0 saturated heterocycles. The Hall–Kier alpha value is -2.43. The standard InChI is InChI=1S/C14H12F2N2O/c1-17-11-5-2-9(3-6-11)14(19)18-13-7-4-10(15)8-12(13)16/h2-8,17H,1H3,(H,18,19). The minimum atomic E-state index is -0.805. The van der Waals surface area contributed by atoms with Crippen LogP contribution in [0.25, 0.3) is 0 Å². The Bertz CT molecular complexity index is 597. The second-order valence-corrected chi connectivity index (χ2v) is 3.91. The molecule has 0 saturated carbocycles. The van der Waals surface area contributed by atoms with Crippen LogP contribution < -0.4 is 10.6 Å². The normalized spacial score (nSPS) is 10.1. The number of hydrogen-bond donors (Lipinski definition) is 2. The Kier molecular flexibility index (Phi) is 3.75. The number of nitrogens with one attached hydrogen (secondary N) is 2. The minimum absolute atomic E-state index is 0.0518. The summed E-state index contributed by atoms with van der Waals surface area (Å²) in [5.41, 5.74) is 1.20. The maximum atomic E-state index is 13.4. The minimum Gasteiger partial charge on any atom is -0.388 e. The second kappa shape index (κ2) is 5.48. The van der Waals surface area contributed by atoms with Crippen molar-refractivity contribution in [2.75, 3.05) is 17.7 Å². The van der Waals surface area contributed by atoms with E-state index >= 15 is 0 Å². The van der Waals surface area contributed by atoms with Crippen molar-refractivity contribution in [2.24, 2.45) is 0 Å². The molecule has 2 N–H and O–H groups in total. The van der Waals surface area contributed by atoms with Gasteiger partial charge in [-0.25, -0.2) is 8.78 Å². The zero-order valence-corrected chi connectivity index (χ0v) is 10.2. The van der Waals surface area contributed by atoms with Gasteiger partial charge in [-0.2, -0.15) is 0 Å². The summed E-state index contributed by atoms with van der Waals surface area (Å²) in [4.78, 5) is 11.9. The molecule has 19 heavy (non-hydrogen) atoms. The van der Waals surface area contributed by atoms with E-state index in [4.69, 9.17) is 0 Å². The summed E-state index contributed by atoms with van der Waals surface area (Å²) < 4.78 is 26.1. The predicted octanol–water partition coefficient (Wildman–Crippen LogP) is 3.26. The van der Waals surface area contributed by atoms with Crippen LogP contribution in [0.15, 0.2) is 42.5 Å². The fourth-order valence-corrected chi connectivity index (χ4v) is 1.57. The molecule has 0 aliphatic rings. The lowest BCUT2D eigenvalue weighted by atomic mass is 10.2. The molecule has 2 aromatic carbocycles. The first-order valence-corrected chi connectivity index (χ1v) is 5.64. The molecule has 0 aromatic heterocycles. The van der Waals surface area contributed by atoms with Gasteiger partial charge in [0, 0.05) is 24.4 Å². The van der Waals surface area contributed by atoms with Crippen LogP contribution in [0, 0.1) is 11.6 Å². The highest BCUT2D eigenvalue weighted by molar-refractivity contribution is 6.04. The van der Waals surface area contributed by atoms with E-state index in [-0.39, 0.29) is 5.69 Å². The third kappa shape index (κ3) is 3.07. The van der Waals surface area contributed by atoms with Gasteiger partial charge in [-0.1, -0.05) is 0 Å². The third-order valence-corrected chi connectivity index (χ3v) is 2.62. The van der Waals surface area contributed by atoms with E-state index in [1.165, 1.54) is 6.07 Å². The van der Waals surface area contributed by atoms with Crippen molar-refractivity contribution in [3.63, 3.8) is 0 Å². The second-order valence-electron chi connectivity index (χ2n) is 3.91. The molecule has 0 spiro atoms. The summed E-state index contributed by atoms with van der Waals surface area (Å²) >= 11 is 0. The fourth-order valence-electron chi connectivity index (χ4n) is 1.57. The number of hydrogen-bond acceptors (Lipinski definition) is 2. The summed E-state index contributed by atoms with van der Waals surface area (Å²) in [6, 6.07) is 9.68. The van der Waals surface area contributed by atoms with Gasteiger partial charge in [0.15, 0.2) is 0 Å². The average molecular weight is 262 g/mol. The van der Waals surface area contributed by atoms with E-state index in [2.05, 4.69) is 10.6 Å². The van der Waals surface area contributed by atoms with Crippen LogP contribution in [0.5, 0.6) is 0 Å². The molecule has 0 fully saturated rings. The van der Waals surface area contributed by atoms with Crippen LogP contribution in [-0.2, 0) is 0 Å². The van der Waals surface area contributed by atoms with Crippen LogP contribution in [0.1, 0.15) is 10.4 Å². The highest BCUT2D eigenvalue weighted by Crippen LogP contribution is 2.16. The molecule has 98 valence electrons. The summed E-state index contributed by atoms with van der Waals surface area (Å²) in [7, 11) is 1.77. The first-order valence-electron chi connectivity index (χ1n) is 5.64.